The Hall–Kier alpha value is -1.08. The third-order valence-corrected chi connectivity index (χ3v) is 1.98. The standard InChI is InChI=1S/C9H15F2N3O2/c1-2-8-12-13-9(16-8)6-14(3-4-15)5-7(10)11/h7,15H,2-6H2,1H3. The van der Waals surface area contributed by atoms with Crippen LogP contribution in [0.2, 0.25) is 0 Å². The molecule has 0 atom stereocenters. The van der Waals surface area contributed by atoms with Gasteiger partial charge in [0.05, 0.1) is 19.7 Å². The van der Waals surface area contributed by atoms with Gasteiger partial charge in [0.2, 0.25) is 11.8 Å². The molecule has 0 fully saturated rings. The second-order valence-electron chi connectivity index (χ2n) is 3.29. The van der Waals surface area contributed by atoms with E-state index in [2.05, 4.69) is 10.2 Å². The first-order chi connectivity index (χ1) is 7.65. The molecule has 0 amide bonds. The number of aryl methyl sites for hydroxylation is 1. The lowest BCUT2D eigenvalue weighted by molar-refractivity contribution is 0.0701. The second kappa shape index (κ2) is 6.49. The first-order valence-electron chi connectivity index (χ1n) is 5.08. The SMILES string of the molecule is CCc1nnc(CN(CCO)CC(F)F)o1. The van der Waals surface area contributed by atoms with Crippen molar-refractivity contribution in [1.29, 1.82) is 0 Å². The van der Waals surface area contributed by atoms with Crippen LogP contribution in [-0.2, 0) is 13.0 Å². The Morgan fingerprint density at radius 1 is 1.38 bits per heavy atom. The number of halogens is 2. The third kappa shape index (κ3) is 4.19. The van der Waals surface area contributed by atoms with Gasteiger partial charge in [-0.15, -0.1) is 10.2 Å². The predicted octanol–water partition coefficient (Wildman–Crippen LogP) is 0.691. The van der Waals surface area contributed by atoms with E-state index in [4.69, 9.17) is 9.52 Å². The summed E-state index contributed by atoms with van der Waals surface area (Å²) in [6.07, 6.45) is -1.83. The highest BCUT2D eigenvalue weighted by Crippen LogP contribution is 2.06. The van der Waals surface area contributed by atoms with E-state index in [1.807, 2.05) is 6.92 Å². The van der Waals surface area contributed by atoms with E-state index < -0.39 is 13.0 Å². The van der Waals surface area contributed by atoms with Crippen LogP contribution >= 0.6 is 0 Å². The molecule has 5 nitrogen and oxygen atoms in total. The Morgan fingerprint density at radius 3 is 2.56 bits per heavy atom. The van der Waals surface area contributed by atoms with E-state index in [0.717, 1.165) is 0 Å². The summed E-state index contributed by atoms with van der Waals surface area (Å²) in [4.78, 5) is 1.37. The number of hydrogen-bond donors (Lipinski definition) is 1. The largest absolute Gasteiger partial charge is 0.424 e. The monoisotopic (exact) mass is 235 g/mol. The molecular weight excluding hydrogens is 220 g/mol. The van der Waals surface area contributed by atoms with Gasteiger partial charge in [0, 0.05) is 13.0 Å². The molecule has 0 saturated carbocycles. The second-order valence-corrected chi connectivity index (χ2v) is 3.29. The smallest absolute Gasteiger partial charge is 0.251 e. The minimum Gasteiger partial charge on any atom is -0.424 e. The first kappa shape index (κ1) is 13.0. The van der Waals surface area contributed by atoms with Crippen molar-refractivity contribution in [3.05, 3.63) is 11.8 Å². The van der Waals surface area contributed by atoms with E-state index >= 15 is 0 Å². The van der Waals surface area contributed by atoms with E-state index in [0.29, 0.717) is 18.2 Å². The van der Waals surface area contributed by atoms with Gasteiger partial charge in [0.1, 0.15) is 0 Å². The van der Waals surface area contributed by atoms with Crippen LogP contribution in [0.3, 0.4) is 0 Å². The van der Waals surface area contributed by atoms with E-state index in [-0.39, 0.29) is 19.7 Å². The molecule has 1 heterocycles. The molecule has 1 aromatic heterocycles. The maximum Gasteiger partial charge on any atom is 0.251 e. The van der Waals surface area contributed by atoms with Crippen molar-refractivity contribution in [3.63, 3.8) is 0 Å². The van der Waals surface area contributed by atoms with Crippen molar-refractivity contribution in [2.75, 3.05) is 19.7 Å². The van der Waals surface area contributed by atoms with Crippen molar-refractivity contribution in [3.8, 4) is 0 Å². The molecule has 0 aliphatic rings. The lowest BCUT2D eigenvalue weighted by Gasteiger charge is -2.18. The lowest BCUT2D eigenvalue weighted by atomic mass is 10.4. The Bertz CT molecular complexity index is 307. The summed E-state index contributed by atoms with van der Waals surface area (Å²) in [7, 11) is 0. The fraction of sp³-hybridized carbons (Fsp3) is 0.778. The quantitative estimate of drug-likeness (QED) is 0.753. The number of hydrogen-bond acceptors (Lipinski definition) is 5. The molecule has 0 aliphatic heterocycles. The number of rotatable bonds is 7. The van der Waals surface area contributed by atoms with Crippen LogP contribution in [0.5, 0.6) is 0 Å². The molecule has 0 aromatic carbocycles. The molecule has 1 rings (SSSR count). The topological polar surface area (TPSA) is 62.4 Å². The van der Waals surface area contributed by atoms with Crippen molar-refractivity contribution in [2.24, 2.45) is 0 Å². The van der Waals surface area contributed by atoms with Gasteiger partial charge >= 0.3 is 0 Å². The molecule has 0 radical (unpaired) electrons. The zero-order chi connectivity index (χ0) is 12.0. The average molecular weight is 235 g/mol. The summed E-state index contributed by atoms with van der Waals surface area (Å²) in [6, 6.07) is 0. The van der Waals surface area contributed by atoms with Crippen LogP contribution in [0, 0.1) is 0 Å². The van der Waals surface area contributed by atoms with Crippen LogP contribution < -0.4 is 0 Å². The minimum absolute atomic E-state index is 0.137. The van der Waals surface area contributed by atoms with Crippen LogP contribution in [0.15, 0.2) is 4.42 Å². The molecule has 0 aliphatic carbocycles. The zero-order valence-corrected chi connectivity index (χ0v) is 9.07. The molecule has 92 valence electrons. The zero-order valence-electron chi connectivity index (χ0n) is 9.07. The summed E-state index contributed by atoms with van der Waals surface area (Å²) in [5, 5.41) is 16.2. The maximum absolute atomic E-state index is 12.2. The lowest BCUT2D eigenvalue weighted by Crippen LogP contribution is -2.31. The van der Waals surface area contributed by atoms with Gasteiger partial charge in [-0.05, 0) is 0 Å². The van der Waals surface area contributed by atoms with E-state index in [1.165, 1.54) is 4.90 Å². The van der Waals surface area contributed by atoms with Crippen molar-refractivity contribution in [2.45, 2.75) is 26.3 Å². The van der Waals surface area contributed by atoms with Gasteiger partial charge < -0.3 is 9.52 Å². The summed E-state index contributed by atoms with van der Waals surface area (Å²) in [5.74, 6) is 0.780. The van der Waals surface area contributed by atoms with E-state index in [1.54, 1.807) is 0 Å². The highest BCUT2D eigenvalue weighted by Gasteiger charge is 2.15. The summed E-state index contributed by atoms with van der Waals surface area (Å²) >= 11 is 0. The molecule has 0 saturated heterocycles. The molecule has 0 unspecified atom stereocenters. The maximum atomic E-state index is 12.2. The van der Waals surface area contributed by atoms with Gasteiger partial charge in [-0.25, -0.2) is 8.78 Å². The number of alkyl halides is 2. The van der Waals surface area contributed by atoms with Crippen molar-refractivity contribution < 1.29 is 18.3 Å². The van der Waals surface area contributed by atoms with Gasteiger partial charge in [0.15, 0.2) is 0 Å². The fourth-order valence-electron chi connectivity index (χ4n) is 1.26. The van der Waals surface area contributed by atoms with E-state index in [9.17, 15) is 8.78 Å². The first-order valence-corrected chi connectivity index (χ1v) is 5.08. The molecule has 7 heteroatoms. The summed E-state index contributed by atoms with van der Waals surface area (Å²) in [5.41, 5.74) is 0. The third-order valence-electron chi connectivity index (χ3n) is 1.98. The molecule has 1 N–H and O–H groups in total. The Morgan fingerprint density at radius 2 is 2.06 bits per heavy atom. The highest BCUT2D eigenvalue weighted by molar-refractivity contribution is 4.81. The number of aromatic nitrogens is 2. The average Bonchev–Trinajstić information content (AvgIpc) is 2.65. The van der Waals surface area contributed by atoms with Gasteiger partial charge in [-0.2, -0.15) is 0 Å². The highest BCUT2D eigenvalue weighted by atomic mass is 19.3. The molecular formula is C9H15F2N3O2. The Balaban J connectivity index is 2.52. The summed E-state index contributed by atoms with van der Waals surface area (Å²) < 4.78 is 29.6. The predicted molar refractivity (Wildman–Crippen MR) is 52.0 cm³/mol. The molecule has 1 aromatic rings. The van der Waals surface area contributed by atoms with Crippen LogP contribution in [0.4, 0.5) is 8.78 Å². The number of aliphatic hydroxyl groups is 1. The van der Waals surface area contributed by atoms with Gasteiger partial charge in [0.25, 0.3) is 6.43 Å². The number of aliphatic hydroxyl groups excluding tert-OH is 1. The Labute approximate surface area is 92.1 Å². The van der Waals surface area contributed by atoms with Crippen LogP contribution in [-0.4, -0.2) is 46.3 Å². The molecule has 0 bridgehead atoms. The normalized spacial score (nSPS) is 11.6. The fourth-order valence-corrected chi connectivity index (χ4v) is 1.26. The summed E-state index contributed by atoms with van der Waals surface area (Å²) in [6.45, 7) is 1.57. The van der Waals surface area contributed by atoms with Gasteiger partial charge in [-0.1, -0.05) is 6.92 Å². The van der Waals surface area contributed by atoms with Crippen LogP contribution in [0.1, 0.15) is 18.7 Å². The minimum atomic E-state index is -2.44. The van der Waals surface area contributed by atoms with Crippen molar-refractivity contribution in [1.82, 2.24) is 15.1 Å². The molecule has 0 spiro atoms. The van der Waals surface area contributed by atoms with Crippen LogP contribution in [0.25, 0.3) is 0 Å². The van der Waals surface area contributed by atoms with Gasteiger partial charge in [-0.3, -0.25) is 4.90 Å². The van der Waals surface area contributed by atoms with Crippen molar-refractivity contribution >= 4 is 0 Å². The Kier molecular flexibility index (Phi) is 5.27. The number of nitrogens with zero attached hydrogens (tertiary/aromatic N) is 3. The molecule has 16 heavy (non-hydrogen) atoms.